The van der Waals surface area contributed by atoms with Crippen LogP contribution in [0.15, 0.2) is 10.6 Å². The number of halogens is 1. The molecule has 76 valence electrons. The zero-order valence-electron chi connectivity index (χ0n) is 7.53. The summed E-state index contributed by atoms with van der Waals surface area (Å²) in [5.74, 6) is -1.59. The minimum Gasteiger partial charge on any atom is -0.469 e. The molecule has 3 rings (SSSR count). The third-order valence-electron chi connectivity index (χ3n) is 2.56. The zero-order chi connectivity index (χ0) is 10.3. The van der Waals surface area contributed by atoms with E-state index in [9.17, 15) is 9.59 Å². The minimum absolute atomic E-state index is 0.286. The Morgan fingerprint density at radius 1 is 1.71 bits per heavy atom. The topological polar surface area (TPSA) is 52.6 Å². The summed E-state index contributed by atoms with van der Waals surface area (Å²) < 4.78 is 10.4. The average molecular weight is 261 g/mol. The molecule has 0 aromatic rings. The Kier molecular flexibility index (Phi) is 2.34. The van der Waals surface area contributed by atoms with E-state index in [1.54, 1.807) is 0 Å². The maximum Gasteiger partial charge on any atom is 0.315 e. The number of carbonyl (C=O) groups excluding carboxylic acids is 2. The second kappa shape index (κ2) is 3.38. The molecule has 0 unspecified atom stereocenters. The van der Waals surface area contributed by atoms with Gasteiger partial charge in [-0.25, -0.2) is 0 Å². The highest BCUT2D eigenvalue weighted by molar-refractivity contribution is 9.11. The third kappa shape index (κ3) is 1.35. The van der Waals surface area contributed by atoms with Gasteiger partial charge in [0.05, 0.1) is 13.0 Å². The van der Waals surface area contributed by atoms with E-state index in [-0.39, 0.29) is 18.0 Å². The van der Waals surface area contributed by atoms with Crippen molar-refractivity contribution in [3.8, 4) is 0 Å². The molecule has 1 saturated heterocycles. The molecule has 0 N–H and O–H groups in total. The summed E-state index contributed by atoms with van der Waals surface area (Å²) >= 11 is 3.28. The summed E-state index contributed by atoms with van der Waals surface area (Å²) in [5, 5.41) is 0. The van der Waals surface area contributed by atoms with Crippen LogP contribution in [0.25, 0.3) is 0 Å². The highest BCUT2D eigenvalue weighted by Crippen LogP contribution is 2.41. The molecule has 1 aliphatic carbocycles. The van der Waals surface area contributed by atoms with Crippen LogP contribution >= 0.6 is 15.9 Å². The fourth-order valence-corrected chi connectivity index (χ4v) is 2.69. The van der Waals surface area contributed by atoms with Gasteiger partial charge in [-0.15, -0.1) is 0 Å². The van der Waals surface area contributed by atoms with E-state index in [1.807, 2.05) is 6.08 Å². The predicted molar refractivity (Wildman–Crippen MR) is 50.5 cm³/mol. The SMILES string of the molecule is COC(=O)[C@H]1C[C@H]2C=C(Br)[C@@H]1C(=O)O2. The molecule has 0 saturated carbocycles. The molecule has 14 heavy (non-hydrogen) atoms. The summed E-state index contributed by atoms with van der Waals surface area (Å²) in [6, 6.07) is 0. The molecule has 2 heterocycles. The van der Waals surface area contributed by atoms with Gasteiger partial charge in [-0.1, -0.05) is 15.9 Å². The summed E-state index contributed by atoms with van der Waals surface area (Å²) in [4.78, 5) is 22.8. The van der Waals surface area contributed by atoms with Crippen LogP contribution in [0, 0.1) is 11.8 Å². The summed E-state index contributed by atoms with van der Waals surface area (Å²) in [5.41, 5.74) is 0. The quantitative estimate of drug-likeness (QED) is 0.661. The molecule has 2 bridgehead atoms. The molecule has 2 aliphatic heterocycles. The maximum atomic E-state index is 11.4. The average Bonchev–Trinajstić information content (AvgIpc) is 2.15. The number of hydrogen-bond donors (Lipinski definition) is 0. The lowest BCUT2D eigenvalue weighted by molar-refractivity contribution is -0.170. The molecule has 3 aliphatic rings. The van der Waals surface area contributed by atoms with Gasteiger partial charge in [-0.2, -0.15) is 0 Å². The first-order valence-electron chi connectivity index (χ1n) is 4.29. The van der Waals surface area contributed by atoms with Crippen LogP contribution in [0.5, 0.6) is 0 Å². The largest absolute Gasteiger partial charge is 0.469 e. The lowest BCUT2D eigenvalue weighted by atomic mass is 9.80. The number of hydrogen-bond acceptors (Lipinski definition) is 4. The van der Waals surface area contributed by atoms with Crippen molar-refractivity contribution in [2.45, 2.75) is 12.5 Å². The molecule has 0 aromatic heterocycles. The van der Waals surface area contributed by atoms with E-state index in [2.05, 4.69) is 20.7 Å². The first kappa shape index (κ1) is 9.71. The number of methoxy groups -OCH3 is 1. The lowest BCUT2D eigenvalue weighted by Crippen LogP contribution is -2.45. The fraction of sp³-hybridized carbons (Fsp3) is 0.556. The normalized spacial score (nSPS) is 34.9. The Labute approximate surface area is 89.4 Å². The van der Waals surface area contributed by atoms with E-state index < -0.39 is 11.8 Å². The molecule has 5 heteroatoms. The van der Waals surface area contributed by atoms with Crippen molar-refractivity contribution in [3.05, 3.63) is 10.6 Å². The maximum absolute atomic E-state index is 11.4. The van der Waals surface area contributed by atoms with Crippen LogP contribution in [-0.2, 0) is 19.1 Å². The van der Waals surface area contributed by atoms with Crippen molar-refractivity contribution in [3.63, 3.8) is 0 Å². The van der Waals surface area contributed by atoms with Gasteiger partial charge in [0.2, 0.25) is 0 Å². The Bertz CT molecular complexity index is 323. The molecule has 0 radical (unpaired) electrons. The Morgan fingerprint density at radius 3 is 2.93 bits per heavy atom. The molecule has 1 fully saturated rings. The Hall–Kier alpha value is -0.840. The minimum atomic E-state index is -0.507. The number of ether oxygens (including phenoxy) is 2. The van der Waals surface area contributed by atoms with Gasteiger partial charge in [0, 0.05) is 10.9 Å². The standard InChI is InChI=1S/C9H9BrO4/c1-13-8(11)5-2-4-3-6(10)7(5)9(12)14-4/h3-5,7H,2H2,1H3/t4-,5-,7+/m0/s1. The predicted octanol–water partition coefficient (Wildman–Crippen LogP) is 1.000. The molecule has 0 amide bonds. The van der Waals surface area contributed by atoms with Crippen LogP contribution in [0.2, 0.25) is 0 Å². The number of carbonyl (C=O) groups is 2. The van der Waals surface area contributed by atoms with Crippen molar-refractivity contribution in [2.75, 3.05) is 7.11 Å². The summed E-state index contributed by atoms with van der Waals surface area (Å²) in [6.07, 6.45) is 2.06. The first-order chi connectivity index (χ1) is 6.63. The van der Waals surface area contributed by atoms with Gasteiger partial charge in [0.1, 0.15) is 12.0 Å². The van der Waals surface area contributed by atoms with Crippen molar-refractivity contribution < 1.29 is 19.1 Å². The molecular weight excluding hydrogens is 252 g/mol. The van der Waals surface area contributed by atoms with E-state index in [0.29, 0.717) is 6.42 Å². The van der Waals surface area contributed by atoms with E-state index in [1.165, 1.54) is 7.11 Å². The highest BCUT2D eigenvalue weighted by atomic mass is 79.9. The van der Waals surface area contributed by atoms with Crippen molar-refractivity contribution in [1.82, 2.24) is 0 Å². The van der Waals surface area contributed by atoms with Crippen LogP contribution in [-0.4, -0.2) is 25.2 Å². The first-order valence-corrected chi connectivity index (χ1v) is 5.08. The van der Waals surface area contributed by atoms with Crippen LogP contribution in [0.1, 0.15) is 6.42 Å². The van der Waals surface area contributed by atoms with Gasteiger partial charge in [0.15, 0.2) is 0 Å². The second-order valence-electron chi connectivity index (χ2n) is 3.37. The van der Waals surface area contributed by atoms with Gasteiger partial charge >= 0.3 is 11.9 Å². The van der Waals surface area contributed by atoms with E-state index in [0.717, 1.165) is 4.48 Å². The number of esters is 2. The second-order valence-corrected chi connectivity index (χ2v) is 4.29. The Balaban J connectivity index is 2.29. The van der Waals surface area contributed by atoms with Gasteiger partial charge in [-0.3, -0.25) is 9.59 Å². The lowest BCUT2D eigenvalue weighted by Gasteiger charge is -2.37. The molecule has 4 nitrogen and oxygen atoms in total. The number of rotatable bonds is 1. The number of fused-ring (bicyclic) bond motifs is 2. The van der Waals surface area contributed by atoms with Crippen LogP contribution < -0.4 is 0 Å². The summed E-state index contributed by atoms with van der Waals surface area (Å²) in [7, 11) is 1.33. The molecule has 3 atom stereocenters. The van der Waals surface area contributed by atoms with Crippen molar-refractivity contribution in [1.29, 1.82) is 0 Å². The van der Waals surface area contributed by atoms with Crippen LogP contribution in [0.3, 0.4) is 0 Å². The van der Waals surface area contributed by atoms with Gasteiger partial charge in [-0.05, 0) is 6.08 Å². The van der Waals surface area contributed by atoms with E-state index in [4.69, 9.17) is 4.74 Å². The monoisotopic (exact) mass is 260 g/mol. The van der Waals surface area contributed by atoms with Crippen LogP contribution in [0.4, 0.5) is 0 Å². The molecule has 0 aromatic carbocycles. The Morgan fingerprint density at radius 2 is 2.43 bits per heavy atom. The van der Waals surface area contributed by atoms with Gasteiger partial charge in [0.25, 0.3) is 0 Å². The van der Waals surface area contributed by atoms with Crippen molar-refractivity contribution >= 4 is 27.9 Å². The fourth-order valence-electron chi connectivity index (χ4n) is 1.89. The molecule has 0 spiro atoms. The smallest absolute Gasteiger partial charge is 0.315 e. The van der Waals surface area contributed by atoms with Crippen molar-refractivity contribution in [2.24, 2.45) is 11.8 Å². The zero-order valence-corrected chi connectivity index (χ0v) is 9.11. The van der Waals surface area contributed by atoms with E-state index >= 15 is 0 Å². The highest BCUT2D eigenvalue weighted by Gasteiger charge is 2.47. The van der Waals surface area contributed by atoms with Gasteiger partial charge < -0.3 is 9.47 Å². The summed E-state index contributed by atoms with van der Waals surface area (Å²) in [6.45, 7) is 0. The third-order valence-corrected chi connectivity index (χ3v) is 3.31. The molecular formula is C9H9BrO4.